The number of hydrogen-bond acceptors (Lipinski definition) is 0. The van der Waals surface area contributed by atoms with Crippen LogP contribution in [0.4, 0.5) is 0 Å². The van der Waals surface area contributed by atoms with Crippen LogP contribution >= 0.6 is 0 Å². The van der Waals surface area contributed by atoms with Gasteiger partial charge < -0.3 is 24.8 Å². The second kappa shape index (κ2) is 9.40. The van der Waals surface area contributed by atoms with E-state index in [-0.39, 0.29) is 51.0 Å². The molecule has 0 saturated carbocycles. The Bertz CT molecular complexity index is 1090. The maximum absolute atomic E-state index is 3.48. The second-order valence-electron chi connectivity index (χ2n) is 6.94. The third kappa shape index (κ3) is 3.86. The van der Waals surface area contributed by atoms with Crippen LogP contribution in [0.2, 0.25) is 0 Å². The van der Waals surface area contributed by atoms with Gasteiger partial charge in [0.1, 0.15) is 0 Å². The molecule has 28 heavy (non-hydrogen) atoms. The van der Waals surface area contributed by atoms with Crippen LogP contribution in [-0.4, -0.2) is 0 Å². The van der Waals surface area contributed by atoms with Gasteiger partial charge in [-0.3, -0.25) is 6.08 Å². The van der Waals surface area contributed by atoms with Gasteiger partial charge in [0.2, 0.25) is 0 Å². The number of rotatable bonds is 2. The molecule has 3 aromatic rings. The van der Waals surface area contributed by atoms with Crippen LogP contribution in [0.1, 0.15) is 36.0 Å². The Labute approximate surface area is 198 Å². The first kappa shape index (κ1) is 22.9. The van der Waals surface area contributed by atoms with Crippen LogP contribution in [0, 0.1) is 6.08 Å². The number of allylic oxidation sites excluding steroid dienone is 5. The molecule has 0 nitrogen and oxygen atoms in total. The van der Waals surface area contributed by atoms with Crippen molar-refractivity contribution in [1.29, 1.82) is 0 Å². The van der Waals surface area contributed by atoms with E-state index in [0.717, 1.165) is 6.42 Å². The topological polar surface area (TPSA) is 0 Å². The fourth-order valence-corrected chi connectivity index (χ4v) is 4.24. The summed E-state index contributed by atoms with van der Waals surface area (Å²) >= 11 is 0. The Morgan fingerprint density at radius 2 is 1.54 bits per heavy atom. The number of hydrogen-bond donors (Lipinski definition) is 0. The molecule has 1 unspecified atom stereocenters. The molecule has 0 heterocycles. The third-order valence-electron chi connectivity index (χ3n) is 5.37. The Balaban J connectivity index is 0.000000934. The SMILES string of the molecule is CC1=[C-]CC(C2C(c3cccc4ccccc34)=Cc3ccccc32)=C1.[Cl-].[Cl-].[Zr+3]. The molecule has 0 amide bonds. The van der Waals surface area contributed by atoms with Gasteiger partial charge in [-0.05, 0) is 39.1 Å². The zero-order valence-corrected chi connectivity index (χ0v) is 19.5. The first-order valence-corrected chi connectivity index (χ1v) is 8.88. The van der Waals surface area contributed by atoms with Crippen molar-refractivity contribution < 1.29 is 51.0 Å². The van der Waals surface area contributed by atoms with E-state index in [9.17, 15) is 0 Å². The molecule has 3 aromatic carbocycles. The minimum Gasteiger partial charge on any atom is -1.00 e. The van der Waals surface area contributed by atoms with Crippen LogP contribution in [0.15, 0.2) is 84.0 Å². The fourth-order valence-electron chi connectivity index (χ4n) is 4.24. The normalized spacial score (nSPS) is 16.8. The zero-order valence-electron chi connectivity index (χ0n) is 15.5. The number of benzene rings is 3. The third-order valence-corrected chi connectivity index (χ3v) is 5.37. The molecule has 0 spiro atoms. The smallest absolute Gasteiger partial charge is 1.00 e. The summed E-state index contributed by atoms with van der Waals surface area (Å²) in [7, 11) is 0. The molecule has 5 rings (SSSR count). The predicted octanol–water partition coefficient (Wildman–Crippen LogP) is 0.563. The molecule has 0 aliphatic heterocycles. The van der Waals surface area contributed by atoms with Crippen molar-refractivity contribution in [3.05, 3.63) is 107 Å². The summed E-state index contributed by atoms with van der Waals surface area (Å²) in [5.41, 5.74) is 8.26. The van der Waals surface area contributed by atoms with E-state index in [1.165, 1.54) is 44.2 Å². The van der Waals surface area contributed by atoms with Crippen molar-refractivity contribution in [1.82, 2.24) is 0 Å². The molecular weight excluding hydrogens is 462 g/mol. The maximum Gasteiger partial charge on any atom is 3.00 e. The van der Waals surface area contributed by atoms with Crippen LogP contribution in [0.25, 0.3) is 22.4 Å². The van der Waals surface area contributed by atoms with Crippen molar-refractivity contribution in [2.24, 2.45) is 0 Å². The van der Waals surface area contributed by atoms with Crippen LogP contribution in [0.5, 0.6) is 0 Å². The average molecular weight is 482 g/mol. The largest absolute Gasteiger partial charge is 3.00 e. The van der Waals surface area contributed by atoms with E-state index in [2.05, 4.69) is 91.9 Å². The Morgan fingerprint density at radius 1 is 0.821 bits per heavy atom. The van der Waals surface area contributed by atoms with Crippen molar-refractivity contribution in [2.45, 2.75) is 19.3 Å². The van der Waals surface area contributed by atoms with E-state index in [1.54, 1.807) is 0 Å². The summed E-state index contributed by atoms with van der Waals surface area (Å²) < 4.78 is 0. The average Bonchev–Trinajstić information content (AvgIpc) is 3.24. The van der Waals surface area contributed by atoms with E-state index < -0.39 is 0 Å². The first-order chi connectivity index (χ1) is 12.3. The van der Waals surface area contributed by atoms with Crippen molar-refractivity contribution in [2.75, 3.05) is 0 Å². The van der Waals surface area contributed by atoms with Crippen molar-refractivity contribution in [3.63, 3.8) is 0 Å². The molecule has 0 fully saturated rings. The van der Waals surface area contributed by atoms with Gasteiger partial charge in [0.15, 0.2) is 0 Å². The van der Waals surface area contributed by atoms with Gasteiger partial charge in [0.05, 0.1) is 0 Å². The van der Waals surface area contributed by atoms with Crippen LogP contribution < -0.4 is 24.8 Å². The molecule has 0 N–H and O–H groups in total. The predicted molar refractivity (Wildman–Crippen MR) is 106 cm³/mol. The van der Waals surface area contributed by atoms with Gasteiger partial charge in [-0.2, -0.15) is 5.57 Å². The Morgan fingerprint density at radius 3 is 2.32 bits per heavy atom. The van der Waals surface area contributed by atoms with Crippen LogP contribution in [0.3, 0.4) is 0 Å². The molecule has 2 aliphatic carbocycles. The van der Waals surface area contributed by atoms with E-state index in [4.69, 9.17) is 0 Å². The number of fused-ring (bicyclic) bond motifs is 2. The zero-order chi connectivity index (χ0) is 16.8. The van der Waals surface area contributed by atoms with Crippen molar-refractivity contribution in [3.8, 4) is 0 Å². The molecule has 0 bridgehead atoms. The molecule has 2 aliphatic rings. The summed E-state index contributed by atoms with van der Waals surface area (Å²) in [5, 5.41) is 2.64. The Hall–Kier alpha value is -1.40. The van der Waals surface area contributed by atoms with Gasteiger partial charge in [0.25, 0.3) is 0 Å². The van der Waals surface area contributed by atoms with Gasteiger partial charge in [0, 0.05) is 5.92 Å². The minimum atomic E-state index is 0. The first-order valence-electron chi connectivity index (χ1n) is 8.88. The van der Waals surface area contributed by atoms with E-state index in [0.29, 0.717) is 5.92 Å². The fraction of sp³-hybridized carbons (Fsp3) is 0.120. The summed E-state index contributed by atoms with van der Waals surface area (Å²) in [6.07, 6.45) is 9.13. The summed E-state index contributed by atoms with van der Waals surface area (Å²) in [4.78, 5) is 0. The molecule has 0 aromatic heterocycles. The van der Waals surface area contributed by atoms with Crippen LogP contribution in [-0.2, 0) is 26.2 Å². The van der Waals surface area contributed by atoms with E-state index >= 15 is 0 Å². The monoisotopic (exact) mass is 479 g/mol. The minimum absolute atomic E-state index is 0. The van der Waals surface area contributed by atoms with Gasteiger partial charge in [-0.1, -0.05) is 73.7 Å². The molecule has 137 valence electrons. The van der Waals surface area contributed by atoms with E-state index in [1.807, 2.05) is 0 Å². The van der Waals surface area contributed by atoms with Crippen molar-refractivity contribution >= 4 is 22.4 Å². The Kier molecular flexibility index (Phi) is 7.68. The summed E-state index contributed by atoms with van der Waals surface area (Å²) in [5.74, 6) is 0.340. The van der Waals surface area contributed by atoms with Gasteiger partial charge in [-0.15, -0.1) is 6.42 Å². The molecule has 1 radical (unpaired) electrons. The summed E-state index contributed by atoms with van der Waals surface area (Å²) in [6.45, 7) is 2.15. The standard InChI is InChI=1S/C25H19.2ClH.Zr/c1-17-13-14-20(15-17)25-22-11-5-3-8-19(22)16-24(25)23-12-6-9-18-7-2-4-10-21(18)23;;;/h2-12,15-16,25H,14H2,1H3;2*1H;/q-1;;;+3/p-2. The quantitative estimate of drug-likeness (QED) is 0.470. The van der Waals surface area contributed by atoms with Gasteiger partial charge in [-0.25, -0.2) is 11.6 Å². The number of halogens is 2. The van der Waals surface area contributed by atoms with Gasteiger partial charge >= 0.3 is 26.2 Å². The maximum atomic E-state index is 3.48. The molecule has 1 atom stereocenters. The molecular formula is C25H19Cl2Zr. The summed E-state index contributed by atoms with van der Waals surface area (Å²) in [6, 6.07) is 24.1. The second-order valence-corrected chi connectivity index (χ2v) is 6.94. The molecule has 3 heteroatoms. The molecule has 0 saturated heterocycles.